The van der Waals surface area contributed by atoms with E-state index in [1.165, 1.54) is 6.92 Å². The summed E-state index contributed by atoms with van der Waals surface area (Å²) in [5, 5.41) is 2.98. The van der Waals surface area contributed by atoms with E-state index in [9.17, 15) is 9.59 Å². The van der Waals surface area contributed by atoms with E-state index in [1.54, 1.807) is 11.1 Å². The van der Waals surface area contributed by atoms with Crippen LogP contribution in [0.25, 0.3) is 6.08 Å². The monoisotopic (exact) mass is 392 g/mol. The highest BCUT2D eigenvalue weighted by molar-refractivity contribution is 5.81. The first-order chi connectivity index (χ1) is 14.1. The summed E-state index contributed by atoms with van der Waals surface area (Å²) in [5.41, 5.74) is 3.11. The Balaban J connectivity index is 1.36. The maximum absolute atomic E-state index is 12.6. The van der Waals surface area contributed by atoms with Crippen molar-refractivity contribution in [1.29, 1.82) is 0 Å². The summed E-state index contributed by atoms with van der Waals surface area (Å²) in [4.78, 5) is 26.3. The molecule has 0 saturated heterocycles. The topological polar surface area (TPSA) is 67.9 Å². The lowest BCUT2D eigenvalue weighted by atomic mass is 9.93. The van der Waals surface area contributed by atoms with Crippen LogP contribution in [0, 0.1) is 0 Å². The van der Waals surface area contributed by atoms with Crippen LogP contribution in [0.5, 0.6) is 11.5 Å². The van der Waals surface area contributed by atoms with Crippen molar-refractivity contribution in [2.75, 3.05) is 19.8 Å². The van der Waals surface area contributed by atoms with Gasteiger partial charge in [0.15, 0.2) is 11.5 Å². The molecule has 0 fully saturated rings. The molecule has 0 saturated carbocycles. The molecule has 0 aromatic heterocycles. The Bertz CT molecular complexity index is 954. The molecule has 1 N–H and O–H groups in total. The van der Waals surface area contributed by atoms with Crippen LogP contribution in [0.15, 0.2) is 48.7 Å². The number of nitrogens with one attached hydrogen (secondary N) is 1. The quantitative estimate of drug-likeness (QED) is 0.849. The summed E-state index contributed by atoms with van der Waals surface area (Å²) < 4.78 is 11.1. The van der Waals surface area contributed by atoms with E-state index < -0.39 is 0 Å². The molecule has 2 heterocycles. The first kappa shape index (κ1) is 19.1. The Morgan fingerprint density at radius 1 is 1.10 bits per heavy atom. The average Bonchev–Trinajstić information content (AvgIpc) is 2.73. The van der Waals surface area contributed by atoms with Crippen molar-refractivity contribution in [3.8, 4) is 11.5 Å². The third-order valence-corrected chi connectivity index (χ3v) is 5.19. The molecule has 6 heteroatoms. The highest BCUT2D eigenvalue weighted by Crippen LogP contribution is 2.33. The predicted molar refractivity (Wildman–Crippen MR) is 109 cm³/mol. The zero-order valence-corrected chi connectivity index (χ0v) is 16.4. The molecule has 1 atom stereocenters. The molecule has 0 radical (unpaired) electrons. The summed E-state index contributed by atoms with van der Waals surface area (Å²) in [6, 6.07) is 13.4. The van der Waals surface area contributed by atoms with Gasteiger partial charge in [-0.15, -0.1) is 0 Å². The molecule has 2 aliphatic rings. The second-order valence-corrected chi connectivity index (χ2v) is 7.17. The molecule has 2 aliphatic heterocycles. The lowest BCUT2D eigenvalue weighted by Gasteiger charge is -2.32. The van der Waals surface area contributed by atoms with E-state index >= 15 is 0 Å². The zero-order chi connectivity index (χ0) is 20.2. The highest BCUT2D eigenvalue weighted by atomic mass is 16.6. The molecule has 0 aliphatic carbocycles. The molecule has 0 spiro atoms. The van der Waals surface area contributed by atoms with E-state index in [4.69, 9.17) is 9.47 Å². The van der Waals surface area contributed by atoms with Crippen LogP contribution in [0.4, 0.5) is 0 Å². The Hall–Kier alpha value is -3.28. The lowest BCUT2D eigenvalue weighted by molar-refractivity contribution is -0.129. The summed E-state index contributed by atoms with van der Waals surface area (Å²) in [7, 11) is 0. The molecular formula is C23H24N2O4. The number of hydrogen-bond acceptors (Lipinski definition) is 4. The molecular weight excluding hydrogens is 368 g/mol. The normalized spacial score (nSPS) is 16.9. The zero-order valence-electron chi connectivity index (χ0n) is 16.4. The van der Waals surface area contributed by atoms with Gasteiger partial charge in [-0.2, -0.15) is 0 Å². The SMILES string of the molecule is CC(=O)N1C=Cc2ccccc2[C@H]1CC(=O)NCCc1ccc2c(c1)OCCO2. The van der Waals surface area contributed by atoms with Crippen LogP contribution >= 0.6 is 0 Å². The van der Waals surface area contributed by atoms with Crippen LogP contribution in [-0.2, 0) is 16.0 Å². The van der Waals surface area contributed by atoms with E-state index in [1.807, 2.05) is 48.5 Å². The van der Waals surface area contributed by atoms with Crippen LogP contribution in [-0.4, -0.2) is 36.5 Å². The maximum Gasteiger partial charge on any atom is 0.223 e. The van der Waals surface area contributed by atoms with Gasteiger partial charge in [0.25, 0.3) is 0 Å². The minimum absolute atomic E-state index is 0.0789. The van der Waals surface area contributed by atoms with Gasteiger partial charge in [0.05, 0.1) is 12.5 Å². The van der Waals surface area contributed by atoms with Crippen molar-refractivity contribution in [1.82, 2.24) is 10.2 Å². The average molecular weight is 392 g/mol. The Labute approximate surface area is 170 Å². The number of carbonyl (C=O) groups is 2. The van der Waals surface area contributed by atoms with Gasteiger partial charge in [0, 0.05) is 19.7 Å². The molecule has 2 aromatic carbocycles. The van der Waals surface area contributed by atoms with Crippen LogP contribution < -0.4 is 14.8 Å². The second kappa shape index (κ2) is 8.39. The smallest absolute Gasteiger partial charge is 0.223 e. The van der Waals surface area contributed by atoms with Crippen LogP contribution in [0.3, 0.4) is 0 Å². The molecule has 0 unspecified atom stereocenters. The molecule has 6 nitrogen and oxygen atoms in total. The lowest BCUT2D eigenvalue weighted by Crippen LogP contribution is -2.35. The van der Waals surface area contributed by atoms with Crippen LogP contribution in [0.1, 0.15) is 36.1 Å². The molecule has 150 valence electrons. The number of fused-ring (bicyclic) bond motifs is 2. The van der Waals surface area contributed by atoms with Gasteiger partial charge in [0.1, 0.15) is 13.2 Å². The van der Waals surface area contributed by atoms with Gasteiger partial charge >= 0.3 is 0 Å². The first-order valence-electron chi connectivity index (χ1n) is 9.83. The van der Waals surface area contributed by atoms with Crippen molar-refractivity contribution in [3.05, 3.63) is 65.4 Å². The fourth-order valence-electron chi connectivity index (χ4n) is 3.75. The van der Waals surface area contributed by atoms with Gasteiger partial charge in [0.2, 0.25) is 11.8 Å². The number of ether oxygens (including phenoxy) is 2. The molecule has 2 amide bonds. The largest absolute Gasteiger partial charge is 0.486 e. The highest BCUT2D eigenvalue weighted by Gasteiger charge is 2.28. The van der Waals surface area contributed by atoms with E-state index in [2.05, 4.69) is 5.32 Å². The molecule has 0 bridgehead atoms. The van der Waals surface area contributed by atoms with Crippen molar-refractivity contribution >= 4 is 17.9 Å². The Morgan fingerprint density at radius 3 is 2.72 bits per heavy atom. The fourth-order valence-corrected chi connectivity index (χ4v) is 3.75. The third-order valence-electron chi connectivity index (χ3n) is 5.19. The van der Waals surface area contributed by atoms with E-state index in [0.29, 0.717) is 26.2 Å². The first-order valence-corrected chi connectivity index (χ1v) is 9.83. The number of nitrogens with zero attached hydrogens (tertiary/aromatic N) is 1. The predicted octanol–water partition coefficient (Wildman–Crippen LogP) is 3.08. The van der Waals surface area contributed by atoms with Gasteiger partial charge in [-0.3, -0.25) is 9.59 Å². The summed E-state index contributed by atoms with van der Waals surface area (Å²) in [5.74, 6) is 1.36. The number of hydrogen-bond donors (Lipinski definition) is 1. The molecule has 4 rings (SSSR count). The fraction of sp³-hybridized carbons (Fsp3) is 0.304. The van der Waals surface area contributed by atoms with E-state index in [0.717, 1.165) is 28.2 Å². The van der Waals surface area contributed by atoms with Crippen molar-refractivity contribution in [3.63, 3.8) is 0 Å². The minimum atomic E-state index is -0.289. The standard InChI is InChI=1S/C23H24N2O4/c1-16(26)25-11-9-18-4-2-3-5-19(18)20(25)15-23(27)24-10-8-17-6-7-21-22(14-17)29-13-12-28-21/h2-7,9,11,14,20H,8,10,12-13,15H2,1H3,(H,24,27)/t20-/m1/s1. The Kier molecular flexibility index (Phi) is 5.51. The minimum Gasteiger partial charge on any atom is -0.486 e. The third kappa shape index (κ3) is 4.26. The van der Waals surface area contributed by atoms with Crippen molar-refractivity contribution in [2.45, 2.75) is 25.8 Å². The van der Waals surface area contributed by atoms with E-state index in [-0.39, 0.29) is 24.3 Å². The van der Waals surface area contributed by atoms with Crippen molar-refractivity contribution < 1.29 is 19.1 Å². The van der Waals surface area contributed by atoms with Gasteiger partial charge in [-0.25, -0.2) is 0 Å². The van der Waals surface area contributed by atoms with Gasteiger partial charge < -0.3 is 19.7 Å². The van der Waals surface area contributed by atoms with Crippen LogP contribution in [0.2, 0.25) is 0 Å². The number of benzene rings is 2. The second-order valence-electron chi connectivity index (χ2n) is 7.17. The molecule has 29 heavy (non-hydrogen) atoms. The maximum atomic E-state index is 12.6. The van der Waals surface area contributed by atoms with Gasteiger partial charge in [-0.1, -0.05) is 30.3 Å². The number of amides is 2. The number of rotatable bonds is 5. The Morgan fingerprint density at radius 2 is 1.90 bits per heavy atom. The summed E-state index contributed by atoms with van der Waals surface area (Å²) >= 11 is 0. The van der Waals surface area contributed by atoms with Gasteiger partial charge in [-0.05, 0) is 41.3 Å². The number of carbonyl (C=O) groups excluding carboxylic acids is 2. The summed E-state index contributed by atoms with van der Waals surface area (Å²) in [6.07, 6.45) is 4.59. The van der Waals surface area contributed by atoms with Crippen molar-refractivity contribution in [2.24, 2.45) is 0 Å². The molecule has 2 aromatic rings. The summed E-state index contributed by atoms with van der Waals surface area (Å²) in [6.45, 7) is 3.16.